The summed E-state index contributed by atoms with van der Waals surface area (Å²) in [5.74, 6) is 1.85. The Bertz CT molecular complexity index is 1020. The Labute approximate surface area is 222 Å². The quantitative estimate of drug-likeness (QED) is 0.183. The standard InChI is InChI=1S/C25H32ClN3O2S2.ClH/c1-5-28(6-2)15-16-29(25-27-23-18(3)9-14-21(26)24(23)33-25)22(30)8-7-17-32-20-12-10-19(31-4)11-13-20;/h9-14H,5-8,15-17H2,1-4H3;1H. The van der Waals surface area contributed by atoms with Gasteiger partial charge >= 0.3 is 0 Å². The zero-order chi connectivity index (χ0) is 23.8. The van der Waals surface area contributed by atoms with E-state index >= 15 is 0 Å². The predicted octanol–water partition coefficient (Wildman–Crippen LogP) is 6.94. The van der Waals surface area contributed by atoms with Crippen molar-refractivity contribution in [3.8, 4) is 5.75 Å². The lowest BCUT2D eigenvalue weighted by atomic mass is 10.2. The number of methoxy groups -OCH3 is 1. The number of nitrogens with zero attached hydrogens (tertiary/aromatic N) is 3. The van der Waals surface area contributed by atoms with Crippen LogP contribution in [0, 0.1) is 6.92 Å². The monoisotopic (exact) mass is 541 g/mol. The largest absolute Gasteiger partial charge is 0.497 e. The number of fused-ring (bicyclic) bond motifs is 1. The van der Waals surface area contributed by atoms with E-state index in [4.69, 9.17) is 21.3 Å². The van der Waals surface area contributed by atoms with Gasteiger partial charge in [0, 0.05) is 24.4 Å². The SMILES string of the molecule is CCN(CC)CCN(C(=O)CCCSc1ccc(OC)cc1)c1nc2c(C)ccc(Cl)c2s1.Cl. The van der Waals surface area contributed by atoms with Crippen LogP contribution in [0.3, 0.4) is 0 Å². The number of aromatic nitrogens is 1. The third-order valence-electron chi connectivity index (χ3n) is 5.62. The first-order valence-corrected chi connectivity index (χ1v) is 13.5. The summed E-state index contributed by atoms with van der Waals surface area (Å²) >= 11 is 9.69. The smallest absolute Gasteiger partial charge is 0.228 e. The Morgan fingerprint density at radius 3 is 2.44 bits per heavy atom. The van der Waals surface area contributed by atoms with E-state index in [0.29, 0.717) is 18.0 Å². The molecule has 3 rings (SSSR count). The third-order valence-corrected chi connectivity index (χ3v) is 8.25. The minimum absolute atomic E-state index is 0. The van der Waals surface area contributed by atoms with Crippen molar-refractivity contribution in [1.82, 2.24) is 9.88 Å². The van der Waals surface area contributed by atoms with Crippen LogP contribution in [0.2, 0.25) is 5.02 Å². The van der Waals surface area contributed by atoms with Crippen LogP contribution in [0.15, 0.2) is 41.3 Å². The van der Waals surface area contributed by atoms with Crippen molar-refractivity contribution < 1.29 is 9.53 Å². The number of halogens is 2. The maximum atomic E-state index is 13.3. The highest BCUT2D eigenvalue weighted by Crippen LogP contribution is 2.36. The van der Waals surface area contributed by atoms with E-state index in [0.717, 1.165) is 58.5 Å². The number of likely N-dealkylation sites (N-methyl/N-ethyl adjacent to an activating group) is 1. The summed E-state index contributed by atoms with van der Waals surface area (Å²) in [6.07, 6.45) is 1.30. The lowest BCUT2D eigenvalue weighted by Gasteiger charge is -2.24. The third kappa shape index (κ3) is 7.49. The Morgan fingerprint density at radius 2 is 1.82 bits per heavy atom. The Kier molecular flexibility index (Phi) is 12.0. The van der Waals surface area contributed by atoms with Crippen molar-refractivity contribution in [2.24, 2.45) is 0 Å². The van der Waals surface area contributed by atoms with Gasteiger partial charge in [0.25, 0.3) is 0 Å². The molecule has 9 heteroatoms. The van der Waals surface area contributed by atoms with E-state index < -0.39 is 0 Å². The van der Waals surface area contributed by atoms with Gasteiger partial charge in [-0.15, -0.1) is 24.2 Å². The fraction of sp³-hybridized carbons (Fsp3) is 0.440. The molecule has 3 aromatic rings. The van der Waals surface area contributed by atoms with Crippen LogP contribution in [0.25, 0.3) is 10.2 Å². The minimum atomic E-state index is 0. The van der Waals surface area contributed by atoms with Gasteiger partial charge in [-0.3, -0.25) is 9.69 Å². The summed E-state index contributed by atoms with van der Waals surface area (Å²) in [6.45, 7) is 9.69. The first-order valence-electron chi connectivity index (χ1n) is 11.3. The summed E-state index contributed by atoms with van der Waals surface area (Å²) in [5, 5.41) is 1.42. The van der Waals surface area contributed by atoms with E-state index in [1.54, 1.807) is 18.9 Å². The molecule has 2 aromatic carbocycles. The molecule has 0 N–H and O–H groups in total. The average molecular weight is 543 g/mol. The number of ether oxygens (including phenoxy) is 1. The van der Waals surface area contributed by atoms with Crippen molar-refractivity contribution in [2.75, 3.05) is 43.9 Å². The van der Waals surface area contributed by atoms with Crippen molar-refractivity contribution in [1.29, 1.82) is 0 Å². The highest BCUT2D eigenvalue weighted by atomic mass is 35.5. The fourth-order valence-corrected chi connectivity index (χ4v) is 5.75. The normalized spacial score (nSPS) is 11.0. The van der Waals surface area contributed by atoms with Crippen LogP contribution < -0.4 is 9.64 Å². The molecule has 1 heterocycles. The molecule has 0 radical (unpaired) electrons. The van der Waals surface area contributed by atoms with E-state index in [-0.39, 0.29) is 18.3 Å². The number of aryl methyl sites for hydroxylation is 1. The molecule has 0 saturated heterocycles. The molecule has 1 aromatic heterocycles. The number of amides is 1. The summed E-state index contributed by atoms with van der Waals surface area (Å²) in [6, 6.07) is 11.9. The molecule has 34 heavy (non-hydrogen) atoms. The van der Waals surface area contributed by atoms with Crippen LogP contribution in [0.1, 0.15) is 32.3 Å². The maximum absolute atomic E-state index is 13.3. The van der Waals surface area contributed by atoms with Gasteiger partial charge in [0.15, 0.2) is 5.13 Å². The van der Waals surface area contributed by atoms with Crippen molar-refractivity contribution in [2.45, 2.75) is 38.5 Å². The number of carbonyl (C=O) groups excluding carboxylic acids is 1. The molecule has 0 unspecified atom stereocenters. The topological polar surface area (TPSA) is 45.7 Å². The zero-order valence-corrected chi connectivity index (χ0v) is 23.4. The first kappa shape index (κ1) is 28.7. The van der Waals surface area contributed by atoms with Crippen LogP contribution >= 0.6 is 47.1 Å². The second-order valence-electron chi connectivity index (χ2n) is 7.74. The number of benzene rings is 2. The average Bonchev–Trinajstić information content (AvgIpc) is 3.29. The van der Waals surface area contributed by atoms with Gasteiger partial charge in [0.05, 0.1) is 22.3 Å². The number of hydrogen-bond acceptors (Lipinski definition) is 6. The molecule has 0 spiro atoms. The lowest BCUT2D eigenvalue weighted by molar-refractivity contribution is -0.118. The van der Waals surface area contributed by atoms with Crippen molar-refractivity contribution >= 4 is 68.4 Å². The molecule has 0 atom stereocenters. The van der Waals surface area contributed by atoms with E-state index in [1.807, 2.05) is 36.1 Å². The highest BCUT2D eigenvalue weighted by Gasteiger charge is 2.21. The number of thiazole rings is 1. The van der Waals surface area contributed by atoms with Crippen molar-refractivity contribution in [3.63, 3.8) is 0 Å². The molecule has 0 saturated carbocycles. The molecule has 0 aliphatic rings. The molecule has 0 aliphatic heterocycles. The van der Waals surface area contributed by atoms with E-state index in [1.165, 1.54) is 16.2 Å². The molecule has 0 aliphatic carbocycles. The predicted molar refractivity (Wildman–Crippen MR) is 150 cm³/mol. The van der Waals surface area contributed by atoms with Gasteiger partial charge in [-0.1, -0.05) is 42.9 Å². The molecular formula is C25H33Cl2N3O2S2. The van der Waals surface area contributed by atoms with Gasteiger partial charge in [0.2, 0.25) is 5.91 Å². The van der Waals surface area contributed by atoms with E-state index in [9.17, 15) is 4.79 Å². The lowest BCUT2D eigenvalue weighted by Crippen LogP contribution is -2.38. The molecule has 0 fully saturated rings. The second kappa shape index (κ2) is 14.1. The number of hydrogen-bond donors (Lipinski definition) is 0. The van der Waals surface area contributed by atoms with Crippen LogP contribution in [-0.2, 0) is 4.79 Å². The Balaban J connectivity index is 0.00000408. The summed E-state index contributed by atoms with van der Waals surface area (Å²) in [4.78, 5) is 23.5. The summed E-state index contributed by atoms with van der Waals surface area (Å²) in [5.41, 5.74) is 1.96. The van der Waals surface area contributed by atoms with Crippen LogP contribution in [-0.4, -0.2) is 54.8 Å². The molecule has 1 amide bonds. The van der Waals surface area contributed by atoms with E-state index in [2.05, 4.69) is 30.9 Å². The highest BCUT2D eigenvalue weighted by molar-refractivity contribution is 7.99. The number of carbonyl (C=O) groups is 1. The molecule has 0 bridgehead atoms. The summed E-state index contributed by atoms with van der Waals surface area (Å²) < 4.78 is 6.16. The van der Waals surface area contributed by atoms with Crippen LogP contribution in [0.5, 0.6) is 5.75 Å². The maximum Gasteiger partial charge on any atom is 0.228 e. The molecular weight excluding hydrogens is 509 g/mol. The van der Waals surface area contributed by atoms with Gasteiger partial charge in [0.1, 0.15) is 5.75 Å². The number of rotatable bonds is 12. The number of thioether (sulfide) groups is 1. The Hall–Kier alpha value is -1.51. The van der Waals surface area contributed by atoms with Gasteiger partial charge in [-0.05, 0) is 68.1 Å². The zero-order valence-electron chi connectivity index (χ0n) is 20.2. The molecule has 5 nitrogen and oxygen atoms in total. The number of anilines is 1. The van der Waals surface area contributed by atoms with Gasteiger partial charge < -0.3 is 9.64 Å². The molecule has 186 valence electrons. The summed E-state index contributed by atoms with van der Waals surface area (Å²) in [7, 11) is 1.67. The first-order chi connectivity index (χ1) is 16.0. The van der Waals surface area contributed by atoms with Gasteiger partial charge in [-0.25, -0.2) is 4.98 Å². The van der Waals surface area contributed by atoms with Crippen LogP contribution in [0.4, 0.5) is 5.13 Å². The minimum Gasteiger partial charge on any atom is -0.497 e. The fourth-order valence-electron chi connectivity index (χ4n) is 3.53. The van der Waals surface area contributed by atoms with Gasteiger partial charge in [-0.2, -0.15) is 0 Å². The second-order valence-corrected chi connectivity index (χ2v) is 10.3. The Morgan fingerprint density at radius 1 is 1.12 bits per heavy atom. The van der Waals surface area contributed by atoms with Crippen molar-refractivity contribution in [3.05, 3.63) is 47.0 Å².